The minimum absolute atomic E-state index is 0.0108. The van der Waals surface area contributed by atoms with Crippen molar-refractivity contribution in [2.75, 3.05) is 19.6 Å². The molecule has 6 aliphatic heterocycles. The van der Waals surface area contributed by atoms with E-state index in [2.05, 4.69) is 268 Å². The Morgan fingerprint density at radius 3 is 0.840 bits per heavy atom. The Bertz CT molecular complexity index is 3990. The first-order valence-corrected chi connectivity index (χ1v) is 25.9. The van der Waals surface area contributed by atoms with Gasteiger partial charge in [-0.25, -0.2) is 0 Å². The van der Waals surface area contributed by atoms with Crippen LogP contribution in [0.5, 0.6) is 23.0 Å². The molecule has 9 heteroatoms. The molecule has 75 heavy (non-hydrogen) atoms. The van der Waals surface area contributed by atoms with E-state index >= 15 is 0 Å². The van der Waals surface area contributed by atoms with Gasteiger partial charge in [-0.2, -0.15) is 0 Å². The summed E-state index contributed by atoms with van der Waals surface area (Å²) in [5, 5.41) is 0. The van der Waals surface area contributed by atoms with Crippen LogP contribution in [0.2, 0.25) is 0 Å². The molecule has 0 spiro atoms. The summed E-state index contributed by atoms with van der Waals surface area (Å²) >= 11 is 0. The molecule has 6 nitrogen and oxygen atoms in total. The number of benzene rings is 11. The molecule has 0 aromatic heterocycles. The van der Waals surface area contributed by atoms with Gasteiger partial charge in [0, 0.05) is 68.2 Å². The van der Waals surface area contributed by atoms with Crippen LogP contribution >= 0.6 is 0 Å². The van der Waals surface area contributed by atoms with Gasteiger partial charge in [-0.3, -0.25) is 0 Å². The van der Waals surface area contributed by atoms with Crippen LogP contribution in [0.3, 0.4) is 0 Å². The lowest BCUT2D eigenvalue weighted by atomic mass is 9.33. The normalized spacial score (nSPS) is 14.2. The maximum Gasteiger partial charge on any atom is 0.256 e. The van der Waals surface area contributed by atoms with Crippen LogP contribution in [0.25, 0.3) is 0 Å². The number of rotatable bonds is 4. The van der Waals surface area contributed by atoms with Crippen LogP contribution in [-0.2, 0) is 0 Å². The van der Waals surface area contributed by atoms with Crippen molar-refractivity contribution >= 4 is 138 Å². The molecule has 0 radical (unpaired) electrons. The van der Waals surface area contributed by atoms with Crippen LogP contribution < -0.4 is 78.2 Å². The second-order valence-electron chi connectivity index (χ2n) is 20.3. The maximum absolute atomic E-state index is 6.67. The van der Waals surface area contributed by atoms with Gasteiger partial charge >= 0.3 is 0 Å². The Labute approximate surface area is 436 Å². The molecular weight excluding hydrogens is 913 g/mol. The van der Waals surface area contributed by atoms with Crippen LogP contribution in [0.1, 0.15) is 0 Å². The van der Waals surface area contributed by atoms with Crippen molar-refractivity contribution < 1.29 is 9.47 Å². The van der Waals surface area contributed by atoms with Crippen LogP contribution in [0.15, 0.2) is 249 Å². The van der Waals surface area contributed by atoms with Gasteiger partial charge in [-0.05, 0) is 158 Å². The fourth-order valence-electron chi connectivity index (χ4n) is 13.7. The molecule has 0 bridgehead atoms. The van der Waals surface area contributed by atoms with Crippen LogP contribution in [0, 0.1) is 0 Å². The van der Waals surface area contributed by atoms with Gasteiger partial charge in [-0.1, -0.05) is 140 Å². The summed E-state index contributed by atoms with van der Waals surface area (Å²) in [6, 6.07) is 90.9. The molecule has 0 unspecified atom stereocenters. The number of hydrogen-bond acceptors (Lipinski definition) is 6. The first kappa shape index (κ1) is 40.9. The third-order valence-electron chi connectivity index (χ3n) is 16.5. The summed E-state index contributed by atoms with van der Waals surface area (Å²) in [7, 11) is 0. The highest BCUT2D eigenvalue weighted by Gasteiger charge is 2.46. The molecule has 0 saturated heterocycles. The van der Waals surface area contributed by atoms with E-state index in [1.807, 2.05) is 0 Å². The van der Waals surface area contributed by atoms with Gasteiger partial charge in [0.25, 0.3) is 20.1 Å². The molecule has 0 amide bonds. The average molecular weight is 955 g/mol. The van der Waals surface area contributed by atoms with Crippen molar-refractivity contribution in [3.63, 3.8) is 0 Å². The van der Waals surface area contributed by atoms with Gasteiger partial charge in [0.15, 0.2) is 0 Å². The summed E-state index contributed by atoms with van der Waals surface area (Å²) in [5.41, 5.74) is 24.8. The third kappa shape index (κ3) is 5.67. The molecule has 346 valence electrons. The van der Waals surface area contributed by atoms with E-state index in [0.29, 0.717) is 0 Å². The van der Waals surface area contributed by atoms with Gasteiger partial charge in [-0.15, -0.1) is 0 Å². The average Bonchev–Trinajstić information content (AvgIpc) is 3.52. The lowest BCUT2D eigenvalue weighted by Crippen LogP contribution is -2.61. The van der Waals surface area contributed by atoms with Crippen LogP contribution in [0.4, 0.5) is 68.2 Å². The van der Waals surface area contributed by atoms with Crippen molar-refractivity contribution in [2.24, 2.45) is 0 Å². The Hall–Kier alpha value is -9.59. The quantitative estimate of drug-likeness (QED) is 0.163. The Morgan fingerprint density at radius 2 is 0.467 bits per heavy atom. The number of nitrogens with zero attached hydrogens (tertiary/aromatic N) is 4. The zero-order valence-electron chi connectivity index (χ0n) is 40.5. The largest absolute Gasteiger partial charge is 0.458 e. The molecule has 17 rings (SSSR count). The smallest absolute Gasteiger partial charge is 0.256 e. The zero-order valence-corrected chi connectivity index (χ0v) is 40.5. The van der Waals surface area contributed by atoms with Gasteiger partial charge in [0.1, 0.15) is 23.0 Å². The van der Waals surface area contributed by atoms with Crippen molar-refractivity contribution in [1.29, 1.82) is 0 Å². The van der Waals surface area contributed by atoms with E-state index in [4.69, 9.17) is 9.47 Å². The van der Waals surface area contributed by atoms with Gasteiger partial charge in [0.2, 0.25) is 0 Å². The van der Waals surface area contributed by atoms with Crippen molar-refractivity contribution in [2.45, 2.75) is 0 Å². The third-order valence-corrected chi connectivity index (χ3v) is 16.5. The van der Waals surface area contributed by atoms with Crippen molar-refractivity contribution in [3.8, 4) is 23.0 Å². The number of para-hydroxylation sites is 6. The number of hydrogen-bond donors (Lipinski definition) is 0. The molecular formula is C66H41B3N4O2. The first-order chi connectivity index (χ1) is 37.2. The maximum atomic E-state index is 6.67. The molecule has 0 saturated carbocycles. The summed E-state index contributed by atoms with van der Waals surface area (Å²) in [4.78, 5) is 9.87. The molecule has 0 aliphatic carbocycles. The Morgan fingerprint density at radius 1 is 0.213 bits per heavy atom. The second-order valence-corrected chi connectivity index (χ2v) is 20.3. The van der Waals surface area contributed by atoms with Crippen LogP contribution in [-0.4, -0.2) is 20.1 Å². The van der Waals surface area contributed by atoms with E-state index in [-0.39, 0.29) is 20.1 Å². The number of fused-ring (bicyclic) bond motifs is 12. The highest BCUT2D eigenvalue weighted by molar-refractivity contribution is 7.01. The molecule has 11 aromatic carbocycles. The van der Waals surface area contributed by atoms with Crippen molar-refractivity contribution in [1.82, 2.24) is 0 Å². The SMILES string of the molecule is c1cc(N2c3ccccc3B3c4ccccc4Oc4cccc2c43)cc(N2c3ccccc3B3c4ccccc4N(c4cccc(N5c6ccccc6B6c7ccccc7Oc7cccc5c76)c4)c4cccc2c43)c1. The standard InChI is InChI=1S/C66H41B3N4O2/c1-7-28-52-46(22-1)67-47-23-2-8-29-53(47)71(43-19-14-21-45(41-43)73-55-31-10-4-25-49(55)69-51-27-6-12-37-61(51)75-63-39-17-35-59(73)66(63)69)57-33-15-32-56(64(57)67)70(52)42-18-13-20-44(40-42)72-54-30-9-3-24-48(54)68-50-26-5-11-36-60(50)74-62-38-16-34-58(72)65(62)68/h1-41H. The van der Waals surface area contributed by atoms with E-state index in [9.17, 15) is 0 Å². The zero-order chi connectivity index (χ0) is 48.9. The minimum atomic E-state index is 0.0108. The highest BCUT2D eigenvalue weighted by Crippen LogP contribution is 2.48. The molecule has 0 fully saturated rings. The molecule has 11 aromatic rings. The lowest BCUT2D eigenvalue weighted by molar-refractivity contribution is 0.487. The minimum Gasteiger partial charge on any atom is -0.458 e. The van der Waals surface area contributed by atoms with Gasteiger partial charge in [0.05, 0.1) is 0 Å². The molecule has 0 N–H and O–H groups in total. The first-order valence-electron chi connectivity index (χ1n) is 25.9. The summed E-state index contributed by atoms with van der Waals surface area (Å²) in [6.07, 6.45) is 0. The Balaban J connectivity index is 0.819. The van der Waals surface area contributed by atoms with E-state index < -0.39 is 0 Å². The molecule has 6 aliphatic rings. The predicted octanol–water partition coefficient (Wildman–Crippen LogP) is 10.6. The summed E-state index contributed by atoms with van der Waals surface area (Å²) < 4.78 is 13.3. The Kier molecular flexibility index (Phi) is 8.44. The van der Waals surface area contributed by atoms with E-state index in [1.54, 1.807) is 0 Å². The summed E-state index contributed by atoms with van der Waals surface area (Å²) in [6.45, 7) is 0.130. The second kappa shape index (κ2) is 15.5. The summed E-state index contributed by atoms with van der Waals surface area (Å²) in [5.74, 6) is 3.65. The molecule has 0 atom stereocenters. The lowest BCUT2D eigenvalue weighted by Gasteiger charge is -2.44. The fraction of sp³-hybridized carbons (Fsp3) is 0. The van der Waals surface area contributed by atoms with E-state index in [0.717, 1.165) is 68.5 Å². The van der Waals surface area contributed by atoms with E-state index in [1.165, 1.54) is 71.9 Å². The predicted molar refractivity (Wildman–Crippen MR) is 312 cm³/mol. The van der Waals surface area contributed by atoms with Crippen molar-refractivity contribution in [3.05, 3.63) is 249 Å². The van der Waals surface area contributed by atoms with Gasteiger partial charge < -0.3 is 29.1 Å². The number of anilines is 12. The fourth-order valence-corrected chi connectivity index (χ4v) is 13.7. The molecule has 6 heterocycles. The topological polar surface area (TPSA) is 31.4 Å². The number of ether oxygens (including phenoxy) is 2. The highest BCUT2D eigenvalue weighted by atomic mass is 16.5. The monoisotopic (exact) mass is 954 g/mol.